The van der Waals surface area contributed by atoms with Crippen LogP contribution in [-0.2, 0) is 4.79 Å². The molecule has 0 spiro atoms. The van der Waals surface area contributed by atoms with E-state index in [4.69, 9.17) is 0 Å². The van der Waals surface area contributed by atoms with Crippen molar-refractivity contribution in [3.63, 3.8) is 0 Å². The third-order valence-electron chi connectivity index (χ3n) is 2.65. The van der Waals surface area contributed by atoms with Gasteiger partial charge < -0.3 is 10.2 Å². The molecule has 7 heteroatoms. The van der Waals surface area contributed by atoms with Crippen LogP contribution in [0.5, 0.6) is 0 Å². The first-order valence-corrected chi connectivity index (χ1v) is 8.77. The maximum absolute atomic E-state index is 12.2. The van der Waals surface area contributed by atoms with Gasteiger partial charge in [-0.15, -0.1) is 10.2 Å². The van der Waals surface area contributed by atoms with Gasteiger partial charge >= 0.3 is 0 Å². The van der Waals surface area contributed by atoms with Crippen LogP contribution in [0.2, 0.25) is 0 Å². The Labute approximate surface area is 129 Å². The molecule has 1 N–H and O–H groups in total. The van der Waals surface area contributed by atoms with Gasteiger partial charge in [0.25, 0.3) is 0 Å². The normalized spacial score (nSPS) is 11.2. The van der Waals surface area contributed by atoms with Gasteiger partial charge in [-0.1, -0.05) is 30.0 Å². The van der Waals surface area contributed by atoms with Crippen molar-refractivity contribution in [1.82, 2.24) is 15.1 Å². The third kappa shape index (κ3) is 5.28. The minimum Gasteiger partial charge on any atom is -0.360 e. The molecule has 0 saturated heterocycles. The van der Waals surface area contributed by atoms with Crippen molar-refractivity contribution in [2.75, 3.05) is 17.6 Å². The quantitative estimate of drug-likeness (QED) is 0.747. The number of carbonyl (C=O) groups is 1. The highest BCUT2D eigenvalue weighted by molar-refractivity contribution is 8.01. The SMILES string of the molecule is CCCNc1nnc(SCC(=O)N(C(C)C)C(C)C)s1. The van der Waals surface area contributed by atoms with E-state index >= 15 is 0 Å². The monoisotopic (exact) mass is 316 g/mol. The van der Waals surface area contributed by atoms with Gasteiger partial charge in [0.2, 0.25) is 11.0 Å². The molecule has 1 aromatic rings. The summed E-state index contributed by atoms with van der Waals surface area (Å²) in [5.74, 6) is 0.567. The fourth-order valence-electron chi connectivity index (χ4n) is 1.94. The van der Waals surface area contributed by atoms with Crippen molar-refractivity contribution in [3.05, 3.63) is 0 Å². The molecule has 1 aromatic heterocycles. The molecule has 0 fully saturated rings. The summed E-state index contributed by atoms with van der Waals surface area (Å²) in [5.41, 5.74) is 0. The van der Waals surface area contributed by atoms with E-state index in [1.807, 2.05) is 32.6 Å². The number of hydrogen-bond donors (Lipinski definition) is 1. The number of carbonyl (C=O) groups excluding carboxylic acids is 1. The zero-order chi connectivity index (χ0) is 15.1. The molecule has 0 saturated carbocycles. The molecule has 0 bridgehead atoms. The Morgan fingerprint density at radius 3 is 2.50 bits per heavy atom. The lowest BCUT2D eigenvalue weighted by Gasteiger charge is -2.30. The number of aromatic nitrogens is 2. The molecule has 1 amide bonds. The molecule has 0 atom stereocenters. The molecular weight excluding hydrogens is 292 g/mol. The molecule has 5 nitrogen and oxygen atoms in total. The Hall–Kier alpha value is -0.820. The van der Waals surface area contributed by atoms with Crippen LogP contribution < -0.4 is 5.32 Å². The molecule has 114 valence electrons. The Morgan fingerprint density at radius 2 is 1.95 bits per heavy atom. The maximum Gasteiger partial charge on any atom is 0.233 e. The van der Waals surface area contributed by atoms with E-state index in [2.05, 4.69) is 22.4 Å². The summed E-state index contributed by atoms with van der Waals surface area (Å²) in [6.07, 6.45) is 1.05. The number of nitrogens with one attached hydrogen (secondary N) is 1. The fourth-order valence-corrected chi connectivity index (χ4v) is 3.59. The van der Waals surface area contributed by atoms with Crippen molar-refractivity contribution in [2.24, 2.45) is 0 Å². The number of nitrogens with zero attached hydrogens (tertiary/aromatic N) is 3. The summed E-state index contributed by atoms with van der Waals surface area (Å²) in [7, 11) is 0. The summed E-state index contributed by atoms with van der Waals surface area (Å²) >= 11 is 2.96. The van der Waals surface area contributed by atoms with Gasteiger partial charge in [0.1, 0.15) is 0 Å². The first-order valence-electron chi connectivity index (χ1n) is 6.97. The van der Waals surface area contributed by atoms with E-state index in [0.29, 0.717) is 5.75 Å². The van der Waals surface area contributed by atoms with Crippen molar-refractivity contribution >= 4 is 34.1 Å². The molecular formula is C13H24N4OS2. The van der Waals surface area contributed by atoms with Crippen molar-refractivity contribution in [1.29, 1.82) is 0 Å². The van der Waals surface area contributed by atoms with Crippen LogP contribution in [0.25, 0.3) is 0 Å². The summed E-state index contributed by atoms with van der Waals surface area (Å²) in [4.78, 5) is 14.1. The predicted molar refractivity (Wildman–Crippen MR) is 86.5 cm³/mol. The van der Waals surface area contributed by atoms with Crippen molar-refractivity contribution in [3.8, 4) is 0 Å². The highest BCUT2D eigenvalue weighted by Gasteiger charge is 2.20. The largest absolute Gasteiger partial charge is 0.360 e. The lowest BCUT2D eigenvalue weighted by atomic mass is 10.2. The zero-order valence-corrected chi connectivity index (χ0v) is 14.5. The molecule has 20 heavy (non-hydrogen) atoms. The zero-order valence-electron chi connectivity index (χ0n) is 12.8. The fraction of sp³-hybridized carbons (Fsp3) is 0.769. The van der Waals surface area contributed by atoms with Gasteiger partial charge in [0, 0.05) is 18.6 Å². The number of anilines is 1. The van der Waals surface area contributed by atoms with Gasteiger partial charge in [-0.05, 0) is 34.1 Å². The molecule has 1 rings (SSSR count). The highest BCUT2D eigenvalue weighted by atomic mass is 32.2. The Morgan fingerprint density at radius 1 is 1.30 bits per heavy atom. The lowest BCUT2D eigenvalue weighted by Crippen LogP contribution is -2.43. The smallest absolute Gasteiger partial charge is 0.233 e. The van der Waals surface area contributed by atoms with Gasteiger partial charge in [-0.2, -0.15) is 0 Å². The predicted octanol–water partition coefficient (Wildman–Crippen LogP) is 3.10. The van der Waals surface area contributed by atoms with Crippen LogP contribution in [-0.4, -0.2) is 45.4 Å². The van der Waals surface area contributed by atoms with E-state index in [9.17, 15) is 4.79 Å². The Balaban J connectivity index is 2.49. The van der Waals surface area contributed by atoms with Crippen LogP contribution in [0.1, 0.15) is 41.0 Å². The Bertz CT molecular complexity index is 412. The van der Waals surface area contributed by atoms with E-state index in [1.54, 1.807) is 0 Å². The first-order chi connectivity index (χ1) is 9.45. The van der Waals surface area contributed by atoms with Crippen LogP contribution in [0, 0.1) is 0 Å². The average Bonchev–Trinajstić information content (AvgIpc) is 2.81. The topological polar surface area (TPSA) is 58.1 Å². The number of rotatable bonds is 8. The molecule has 0 aliphatic carbocycles. The minimum atomic E-state index is 0.151. The second-order valence-electron chi connectivity index (χ2n) is 5.08. The standard InChI is InChI=1S/C13H24N4OS2/c1-6-7-14-12-15-16-13(20-12)19-8-11(18)17(9(2)3)10(4)5/h9-10H,6-8H2,1-5H3,(H,14,15). The summed E-state index contributed by atoms with van der Waals surface area (Å²) < 4.78 is 0.837. The molecule has 0 unspecified atom stereocenters. The van der Waals surface area contributed by atoms with Gasteiger partial charge in [0.05, 0.1) is 5.75 Å². The summed E-state index contributed by atoms with van der Waals surface area (Å²) in [6, 6.07) is 0.443. The lowest BCUT2D eigenvalue weighted by molar-refractivity contribution is -0.131. The van der Waals surface area contributed by atoms with Crippen molar-refractivity contribution < 1.29 is 4.79 Å². The maximum atomic E-state index is 12.2. The average molecular weight is 316 g/mol. The van der Waals surface area contributed by atoms with E-state index in [-0.39, 0.29) is 18.0 Å². The molecule has 0 radical (unpaired) electrons. The van der Waals surface area contributed by atoms with Crippen LogP contribution in [0.15, 0.2) is 4.34 Å². The first kappa shape index (κ1) is 17.2. The van der Waals surface area contributed by atoms with Crippen LogP contribution in [0.4, 0.5) is 5.13 Å². The van der Waals surface area contributed by atoms with Gasteiger partial charge in [0.15, 0.2) is 4.34 Å². The van der Waals surface area contributed by atoms with Gasteiger partial charge in [-0.25, -0.2) is 0 Å². The Kier molecular flexibility index (Phi) is 7.29. The molecule has 0 aromatic carbocycles. The minimum absolute atomic E-state index is 0.151. The van der Waals surface area contributed by atoms with E-state index in [1.165, 1.54) is 23.1 Å². The summed E-state index contributed by atoms with van der Waals surface area (Å²) in [5, 5.41) is 12.2. The van der Waals surface area contributed by atoms with Crippen molar-refractivity contribution in [2.45, 2.75) is 57.5 Å². The second kappa shape index (κ2) is 8.46. The number of hydrogen-bond acceptors (Lipinski definition) is 6. The highest BCUT2D eigenvalue weighted by Crippen LogP contribution is 2.26. The number of thioether (sulfide) groups is 1. The molecule has 0 aliphatic rings. The van der Waals surface area contributed by atoms with E-state index < -0.39 is 0 Å². The molecule has 0 aliphatic heterocycles. The third-order valence-corrected chi connectivity index (χ3v) is 4.65. The van der Waals surface area contributed by atoms with E-state index in [0.717, 1.165) is 22.4 Å². The number of amides is 1. The van der Waals surface area contributed by atoms with Crippen LogP contribution in [0.3, 0.4) is 0 Å². The van der Waals surface area contributed by atoms with Crippen LogP contribution >= 0.6 is 23.1 Å². The summed E-state index contributed by atoms with van der Waals surface area (Å²) in [6.45, 7) is 11.2. The van der Waals surface area contributed by atoms with Gasteiger partial charge in [-0.3, -0.25) is 4.79 Å². The second-order valence-corrected chi connectivity index (χ2v) is 7.28. The molecule has 1 heterocycles.